The summed E-state index contributed by atoms with van der Waals surface area (Å²) in [5.74, 6) is -0.341. The smallest absolute Gasteiger partial charge is 0.404 e. The summed E-state index contributed by atoms with van der Waals surface area (Å²) in [7, 11) is 0. The van der Waals surface area contributed by atoms with E-state index in [-0.39, 0.29) is 18.0 Å². The van der Waals surface area contributed by atoms with Crippen LogP contribution in [0.1, 0.15) is 5.69 Å². The van der Waals surface area contributed by atoms with Crippen molar-refractivity contribution in [2.45, 2.75) is 12.9 Å². The van der Waals surface area contributed by atoms with Crippen molar-refractivity contribution < 1.29 is 17.9 Å². The van der Waals surface area contributed by atoms with E-state index in [0.717, 1.165) is 0 Å². The van der Waals surface area contributed by atoms with Crippen LogP contribution < -0.4 is 10.5 Å². The van der Waals surface area contributed by atoms with Crippen molar-refractivity contribution in [3.05, 3.63) is 21.5 Å². The molecule has 0 aliphatic rings. The first kappa shape index (κ1) is 11.5. The van der Waals surface area contributed by atoms with Gasteiger partial charge in [0.05, 0.1) is 5.69 Å². The molecule has 2 N–H and O–H groups in total. The van der Waals surface area contributed by atoms with Crippen molar-refractivity contribution in [2.75, 3.05) is 0 Å². The number of aromatic nitrogens is 1. The van der Waals surface area contributed by atoms with Gasteiger partial charge in [-0.1, -0.05) is 0 Å². The minimum atomic E-state index is -4.71. The predicted molar refractivity (Wildman–Crippen MR) is 51.5 cm³/mol. The van der Waals surface area contributed by atoms with E-state index < -0.39 is 6.36 Å². The summed E-state index contributed by atoms with van der Waals surface area (Å²) in [6.45, 7) is -0.0949. The van der Waals surface area contributed by atoms with E-state index in [9.17, 15) is 13.2 Å². The maximum atomic E-state index is 11.9. The molecule has 1 heterocycles. The second-order valence-electron chi connectivity index (χ2n) is 2.35. The summed E-state index contributed by atoms with van der Waals surface area (Å²) in [5, 5.41) is 0. The molecular formula is C7H6F3IN2O. The number of halogens is 4. The fraction of sp³-hybridized carbons (Fsp3) is 0.286. The van der Waals surface area contributed by atoms with Gasteiger partial charge in [-0.15, -0.1) is 13.2 Å². The van der Waals surface area contributed by atoms with Crippen LogP contribution >= 0.6 is 22.6 Å². The summed E-state index contributed by atoms with van der Waals surface area (Å²) >= 11 is 1.84. The monoisotopic (exact) mass is 318 g/mol. The number of nitrogens with two attached hydrogens (primary N) is 1. The number of rotatable bonds is 2. The molecule has 1 aromatic heterocycles. The minimum absolute atomic E-state index is 0.0859. The van der Waals surface area contributed by atoms with Gasteiger partial charge in [-0.2, -0.15) is 0 Å². The van der Waals surface area contributed by atoms with Crippen molar-refractivity contribution in [2.24, 2.45) is 5.73 Å². The van der Waals surface area contributed by atoms with Crippen LogP contribution in [-0.4, -0.2) is 11.3 Å². The molecule has 0 aliphatic heterocycles. The predicted octanol–water partition coefficient (Wildman–Crippen LogP) is 2.04. The van der Waals surface area contributed by atoms with Crippen molar-refractivity contribution >= 4 is 22.6 Å². The number of hydrogen-bond acceptors (Lipinski definition) is 3. The van der Waals surface area contributed by atoms with Crippen LogP contribution in [0.25, 0.3) is 0 Å². The second kappa shape index (κ2) is 4.30. The molecule has 0 saturated heterocycles. The Bertz CT molecular complexity index is 329. The van der Waals surface area contributed by atoms with Crippen LogP contribution in [0.5, 0.6) is 5.75 Å². The number of nitrogens with zero attached hydrogens (tertiary/aromatic N) is 1. The molecule has 0 aliphatic carbocycles. The van der Waals surface area contributed by atoms with Crippen molar-refractivity contribution in [3.8, 4) is 5.75 Å². The van der Waals surface area contributed by atoms with E-state index >= 15 is 0 Å². The molecule has 0 fully saturated rings. The van der Waals surface area contributed by atoms with Crippen LogP contribution in [0, 0.1) is 3.57 Å². The zero-order valence-electron chi connectivity index (χ0n) is 6.81. The Morgan fingerprint density at radius 1 is 1.50 bits per heavy atom. The van der Waals surface area contributed by atoms with Gasteiger partial charge in [0.15, 0.2) is 5.75 Å². The molecule has 7 heteroatoms. The lowest BCUT2D eigenvalue weighted by molar-refractivity contribution is -0.275. The first-order chi connectivity index (χ1) is 6.42. The summed E-state index contributed by atoms with van der Waals surface area (Å²) in [6.07, 6.45) is -3.29. The highest BCUT2D eigenvalue weighted by atomic mass is 127. The Morgan fingerprint density at radius 2 is 2.14 bits per heavy atom. The zero-order valence-corrected chi connectivity index (χ0v) is 8.96. The van der Waals surface area contributed by atoms with Gasteiger partial charge in [-0.05, 0) is 28.7 Å². The lowest BCUT2D eigenvalue weighted by Gasteiger charge is -2.11. The third-order valence-electron chi connectivity index (χ3n) is 1.32. The van der Waals surface area contributed by atoms with E-state index in [1.165, 1.54) is 12.3 Å². The molecule has 0 saturated carbocycles. The standard InChI is InChI=1S/C7H6F3IN2O/c8-7(9,10)14-6-1-4(11)3-13-5(6)2-12/h1,3H,2,12H2. The number of hydrogen-bond donors (Lipinski definition) is 1. The normalized spacial score (nSPS) is 11.5. The second-order valence-corrected chi connectivity index (χ2v) is 3.60. The lowest BCUT2D eigenvalue weighted by Crippen LogP contribution is -2.19. The van der Waals surface area contributed by atoms with Gasteiger partial charge >= 0.3 is 6.36 Å². The third kappa shape index (κ3) is 3.29. The SMILES string of the molecule is NCc1ncc(I)cc1OC(F)(F)F. The summed E-state index contributed by atoms with van der Waals surface area (Å²) < 4.78 is 40.0. The first-order valence-corrected chi connectivity index (χ1v) is 4.60. The van der Waals surface area contributed by atoms with Gasteiger partial charge in [0.2, 0.25) is 0 Å². The van der Waals surface area contributed by atoms with Gasteiger partial charge in [0, 0.05) is 16.3 Å². The highest BCUT2D eigenvalue weighted by molar-refractivity contribution is 14.1. The van der Waals surface area contributed by atoms with E-state index in [1.807, 2.05) is 22.6 Å². The van der Waals surface area contributed by atoms with Crippen LogP contribution in [0.3, 0.4) is 0 Å². The van der Waals surface area contributed by atoms with Gasteiger partial charge in [0.25, 0.3) is 0 Å². The van der Waals surface area contributed by atoms with Gasteiger partial charge in [0.1, 0.15) is 0 Å². The maximum Gasteiger partial charge on any atom is 0.573 e. The fourth-order valence-electron chi connectivity index (χ4n) is 0.815. The van der Waals surface area contributed by atoms with E-state index in [2.05, 4.69) is 9.72 Å². The zero-order chi connectivity index (χ0) is 10.8. The fourth-order valence-corrected chi connectivity index (χ4v) is 1.24. The number of ether oxygens (including phenoxy) is 1. The van der Waals surface area contributed by atoms with Gasteiger partial charge in [-0.3, -0.25) is 4.98 Å². The van der Waals surface area contributed by atoms with Gasteiger partial charge < -0.3 is 10.5 Å². The van der Waals surface area contributed by atoms with Crippen LogP contribution in [0.2, 0.25) is 0 Å². The first-order valence-electron chi connectivity index (χ1n) is 3.52. The average molecular weight is 318 g/mol. The number of alkyl halides is 3. The lowest BCUT2D eigenvalue weighted by atomic mass is 10.3. The molecule has 0 atom stereocenters. The van der Waals surface area contributed by atoms with Crippen LogP contribution in [0.15, 0.2) is 12.3 Å². The Hall–Kier alpha value is -0.570. The van der Waals surface area contributed by atoms with E-state index in [4.69, 9.17) is 5.73 Å². The molecular weight excluding hydrogens is 312 g/mol. The molecule has 0 bridgehead atoms. The van der Waals surface area contributed by atoms with E-state index in [0.29, 0.717) is 3.57 Å². The molecule has 14 heavy (non-hydrogen) atoms. The molecule has 3 nitrogen and oxygen atoms in total. The topological polar surface area (TPSA) is 48.1 Å². The quantitative estimate of drug-likeness (QED) is 0.849. The Kier molecular flexibility index (Phi) is 3.53. The molecule has 78 valence electrons. The highest BCUT2D eigenvalue weighted by Gasteiger charge is 2.32. The molecule has 0 aromatic carbocycles. The Balaban J connectivity index is 2.99. The average Bonchev–Trinajstić information content (AvgIpc) is 2.01. The molecule has 0 radical (unpaired) electrons. The van der Waals surface area contributed by atoms with Crippen LogP contribution in [-0.2, 0) is 6.54 Å². The molecule has 0 amide bonds. The Morgan fingerprint density at radius 3 is 2.64 bits per heavy atom. The summed E-state index contributed by atoms with van der Waals surface area (Å²) in [4.78, 5) is 3.72. The van der Waals surface area contributed by atoms with Crippen molar-refractivity contribution in [1.29, 1.82) is 0 Å². The number of pyridine rings is 1. The molecule has 1 rings (SSSR count). The maximum absolute atomic E-state index is 11.9. The van der Waals surface area contributed by atoms with Gasteiger partial charge in [-0.25, -0.2) is 0 Å². The minimum Gasteiger partial charge on any atom is -0.404 e. The van der Waals surface area contributed by atoms with Crippen molar-refractivity contribution in [3.63, 3.8) is 0 Å². The molecule has 1 aromatic rings. The van der Waals surface area contributed by atoms with Crippen molar-refractivity contribution in [1.82, 2.24) is 4.98 Å². The largest absolute Gasteiger partial charge is 0.573 e. The molecule has 0 spiro atoms. The summed E-state index contributed by atoms with van der Waals surface area (Å²) in [6, 6.07) is 1.24. The Labute approximate surface area is 91.6 Å². The van der Waals surface area contributed by atoms with Crippen LogP contribution in [0.4, 0.5) is 13.2 Å². The third-order valence-corrected chi connectivity index (χ3v) is 1.91. The highest BCUT2D eigenvalue weighted by Crippen LogP contribution is 2.26. The van der Waals surface area contributed by atoms with E-state index in [1.54, 1.807) is 0 Å². The molecule has 0 unspecified atom stereocenters. The summed E-state index contributed by atoms with van der Waals surface area (Å²) in [5.41, 5.74) is 5.29.